The van der Waals surface area contributed by atoms with E-state index in [9.17, 15) is 0 Å². The third kappa shape index (κ3) is 2.75. The van der Waals surface area contributed by atoms with E-state index in [1.54, 1.807) is 0 Å². The molecule has 0 aliphatic rings. The molecule has 0 saturated heterocycles. The molecule has 1 unspecified atom stereocenters. The third-order valence-corrected chi connectivity index (χ3v) is 3.73. The summed E-state index contributed by atoms with van der Waals surface area (Å²) in [5.74, 6) is 0.725. The van der Waals surface area contributed by atoms with Gasteiger partial charge in [0.1, 0.15) is 0 Å². The highest BCUT2D eigenvalue weighted by molar-refractivity contribution is 5.83. The minimum atomic E-state index is 0.725. The first-order chi connectivity index (χ1) is 8.76. The van der Waals surface area contributed by atoms with Crippen LogP contribution in [0.4, 0.5) is 0 Å². The van der Waals surface area contributed by atoms with Gasteiger partial charge in [0.15, 0.2) is 0 Å². The molecule has 2 nitrogen and oxygen atoms in total. The number of fused-ring (bicyclic) bond motifs is 1. The van der Waals surface area contributed by atoms with Crippen LogP contribution in [0.5, 0.6) is 0 Å². The maximum absolute atomic E-state index is 5.62. The Labute approximate surface area is 110 Å². The summed E-state index contributed by atoms with van der Waals surface area (Å²) in [4.78, 5) is 0. The lowest BCUT2D eigenvalue weighted by Gasteiger charge is -2.10. The zero-order chi connectivity index (χ0) is 13.0. The van der Waals surface area contributed by atoms with Gasteiger partial charge in [-0.2, -0.15) is 0 Å². The monoisotopic (exact) mass is 244 g/mol. The molecule has 0 fully saturated rings. The van der Waals surface area contributed by atoms with E-state index in [4.69, 9.17) is 5.73 Å². The van der Waals surface area contributed by atoms with Crippen molar-refractivity contribution in [3.05, 3.63) is 36.0 Å². The van der Waals surface area contributed by atoms with Crippen LogP contribution in [0.25, 0.3) is 10.9 Å². The van der Waals surface area contributed by atoms with Crippen LogP contribution in [-0.2, 0) is 13.0 Å². The number of nitrogens with zero attached hydrogens (tertiary/aromatic N) is 1. The normalized spacial score (nSPS) is 13.1. The molecule has 0 aliphatic heterocycles. The summed E-state index contributed by atoms with van der Waals surface area (Å²) >= 11 is 0. The molecule has 1 aromatic carbocycles. The van der Waals surface area contributed by atoms with Crippen LogP contribution in [0.3, 0.4) is 0 Å². The SMILES string of the molecule is CCC(C)Cn1cc(CCCN)c2ccccc21. The second kappa shape index (κ2) is 6.05. The lowest BCUT2D eigenvalue weighted by molar-refractivity contribution is 0.477. The van der Waals surface area contributed by atoms with Crippen molar-refractivity contribution in [3.63, 3.8) is 0 Å². The van der Waals surface area contributed by atoms with Gasteiger partial charge in [0.2, 0.25) is 0 Å². The first-order valence-corrected chi connectivity index (χ1v) is 7.03. The average molecular weight is 244 g/mol. The van der Waals surface area contributed by atoms with Gasteiger partial charge in [0.25, 0.3) is 0 Å². The molecule has 98 valence electrons. The molecule has 0 amide bonds. The summed E-state index contributed by atoms with van der Waals surface area (Å²) in [6.45, 7) is 6.45. The number of aryl methyl sites for hydroxylation is 1. The van der Waals surface area contributed by atoms with E-state index in [2.05, 4.69) is 48.9 Å². The number of hydrogen-bond acceptors (Lipinski definition) is 1. The topological polar surface area (TPSA) is 30.9 Å². The minimum absolute atomic E-state index is 0.725. The van der Waals surface area contributed by atoms with Crippen molar-refractivity contribution < 1.29 is 0 Å². The molecule has 2 heteroatoms. The predicted octanol–water partition coefficient (Wildman–Crippen LogP) is 3.58. The van der Waals surface area contributed by atoms with Gasteiger partial charge in [-0.25, -0.2) is 0 Å². The molecule has 1 atom stereocenters. The Balaban J connectivity index is 2.34. The lowest BCUT2D eigenvalue weighted by atomic mass is 10.1. The highest BCUT2D eigenvalue weighted by Gasteiger charge is 2.09. The van der Waals surface area contributed by atoms with E-state index in [0.29, 0.717) is 0 Å². The molecule has 0 aliphatic carbocycles. The van der Waals surface area contributed by atoms with Gasteiger partial charge in [-0.05, 0) is 36.9 Å². The number of nitrogens with two attached hydrogens (primary N) is 1. The summed E-state index contributed by atoms with van der Waals surface area (Å²) in [7, 11) is 0. The van der Waals surface area contributed by atoms with E-state index in [-0.39, 0.29) is 0 Å². The Morgan fingerprint density at radius 2 is 2.06 bits per heavy atom. The van der Waals surface area contributed by atoms with Gasteiger partial charge in [0, 0.05) is 23.6 Å². The molecule has 18 heavy (non-hydrogen) atoms. The molecule has 1 aromatic heterocycles. The largest absolute Gasteiger partial charge is 0.347 e. The maximum Gasteiger partial charge on any atom is 0.0483 e. The molecular weight excluding hydrogens is 220 g/mol. The Morgan fingerprint density at radius 1 is 1.28 bits per heavy atom. The smallest absolute Gasteiger partial charge is 0.0483 e. The van der Waals surface area contributed by atoms with E-state index < -0.39 is 0 Å². The van der Waals surface area contributed by atoms with E-state index in [0.717, 1.165) is 31.8 Å². The number of hydrogen-bond donors (Lipinski definition) is 1. The number of benzene rings is 1. The van der Waals surface area contributed by atoms with Crippen LogP contribution in [0.2, 0.25) is 0 Å². The Hall–Kier alpha value is -1.28. The summed E-state index contributed by atoms with van der Waals surface area (Å²) in [6, 6.07) is 8.71. The zero-order valence-electron chi connectivity index (χ0n) is 11.5. The number of para-hydroxylation sites is 1. The summed E-state index contributed by atoms with van der Waals surface area (Å²) < 4.78 is 2.41. The van der Waals surface area contributed by atoms with Crippen LogP contribution in [-0.4, -0.2) is 11.1 Å². The zero-order valence-corrected chi connectivity index (χ0v) is 11.5. The second-order valence-electron chi connectivity index (χ2n) is 5.23. The fourth-order valence-electron chi connectivity index (χ4n) is 2.43. The van der Waals surface area contributed by atoms with Crippen molar-refractivity contribution in [2.45, 2.75) is 39.7 Å². The fourth-order valence-corrected chi connectivity index (χ4v) is 2.43. The van der Waals surface area contributed by atoms with Crippen LogP contribution in [0, 0.1) is 5.92 Å². The van der Waals surface area contributed by atoms with Crippen LogP contribution < -0.4 is 5.73 Å². The van der Waals surface area contributed by atoms with Crippen molar-refractivity contribution in [3.8, 4) is 0 Å². The Kier molecular flexibility index (Phi) is 4.43. The molecule has 2 N–H and O–H groups in total. The first-order valence-electron chi connectivity index (χ1n) is 7.03. The molecule has 0 spiro atoms. The van der Waals surface area contributed by atoms with E-state index in [1.807, 2.05) is 0 Å². The molecule has 0 saturated carbocycles. The van der Waals surface area contributed by atoms with Gasteiger partial charge >= 0.3 is 0 Å². The predicted molar refractivity (Wildman–Crippen MR) is 78.8 cm³/mol. The number of rotatable bonds is 6. The van der Waals surface area contributed by atoms with Gasteiger partial charge in [-0.15, -0.1) is 0 Å². The van der Waals surface area contributed by atoms with E-state index >= 15 is 0 Å². The van der Waals surface area contributed by atoms with E-state index in [1.165, 1.54) is 22.9 Å². The molecule has 2 aromatic rings. The van der Waals surface area contributed by atoms with Gasteiger partial charge in [-0.3, -0.25) is 0 Å². The third-order valence-electron chi connectivity index (χ3n) is 3.73. The standard InChI is InChI=1S/C16H24N2/c1-3-13(2)11-18-12-14(7-6-10-17)15-8-4-5-9-16(15)18/h4-5,8-9,12-13H,3,6-7,10-11,17H2,1-2H3. The van der Waals surface area contributed by atoms with Crippen molar-refractivity contribution in [1.82, 2.24) is 4.57 Å². The Bertz CT molecular complexity index is 499. The fraction of sp³-hybridized carbons (Fsp3) is 0.500. The number of aromatic nitrogens is 1. The van der Waals surface area contributed by atoms with Gasteiger partial charge < -0.3 is 10.3 Å². The first kappa shape index (κ1) is 13.2. The lowest BCUT2D eigenvalue weighted by Crippen LogP contribution is -2.05. The summed E-state index contributed by atoms with van der Waals surface area (Å²) in [5, 5.41) is 1.40. The van der Waals surface area contributed by atoms with Crippen LogP contribution in [0.15, 0.2) is 30.5 Å². The highest BCUT2D eigenvalue weighted by Crippen LogP contribution is 2.23. The van der Waals surface area contributed by atoms with Crippen molar-refractivity contribution in [2.75, 3.05) is 6.54 Å². The van der Waals surface area contributed by atoms with Crippen molar-refractivity contribution in [2.24, 2.45) is 11.7 Å². The minimum Gasteiger partial charge on any atom is -0.347 e. The quantitative estimate of drug-likeness (QED) is 0.827. The highest BCUT2D eigenvalue weighted by atomic mass is 15.0. The van der Waals surface area contributed by atoms with Crippen molar-refractivity contribution >= 4 is 10.9 Å². The molecule has 0 radical (unpaired) electrons. The second-order valence-corrected chi connectivity index (χ2v) is 5.23. The van der Waals surface area contributed by atoms with Gasteiger partial charge in [0.05, 0.1) is 0 Å². The van der Waals surface area contributed by atoms with Crippen molar-refractivity contribution in [1.29, 1.82) is 0 Å². The summed E-state index contributed by atoms with van der Waals surface area (Å²) in [5.41, 5.74) is 8.43. The molecular formula is C16H24N2. The van der Waals surface area contributed by atoms with Gasteiger partial charge in [-0.1, -0.05) is 38.5 Å². The average Bonchev–Trinajstić information content (AvgIpc) is 2.75. The maximum atomic E-state index is 5.62. The summed E-state index contributed by atoms with van der Waals surface area (Å²) in [6.07, 6.45) is 5.71. The molecule has 1 heterocycles. The van der Waals surface area contributed by atoms with Crippen LogP contribution >= 0.6 is 0 Å². The molecule has 2 rings (SSSR count). The Morgan fingerprint density at radius 3 is 2.78 bits per heavy atom. The molecule has 0 bridgehead atoms. The van der Waals surface area contributed by atoms with Crippen LogP contribution in [0.1, 0.15) is 32.3 Å².